The first-order chi connectivity index (χ1) is 26.7. The van der Waals surface area contributed by atoms with Crippen molar-refractivity contribution in [3.05, 3.63) is 156 Å². The lowest BCUT2D eigenvalue weighted by atomic mass is 9.91. The van der Waals surface area contributed by atoms with Gasteiger partial charge in [0.1, 0.15) is 11.3 Å². The minimum absolute atomic E-state index is 0.684. The van der Waals surface area contributed by atoms with Gasteiger partial charge in [0, 0.05) is 71.5 Å². The quantitative estimate of drug-likeness (QED) is 0.178. The molecule has 0 atom stereocenters. The highest BCUT2D eigenvalue weighted by Gasteiger charge is 2.19. The van der Waals surface area contributed by atoms with Gasteiger partial charge in [-0.15, -0.1) is 11.3 Å². The SMILES string of the molecule is C1=Cc2c(sc3ccc(-c4cnc5ncccc5c4-c4ccc(-c5cc(-c6ccc7c8c(oc7c6)C=CCC8)nc(-c6ccccc6)n5)cc4)cc23)CC1. The van der Waals surface area contributed by atoms with Crippen molar-refractivity contribution in [2.75, 3.05) is 0 Å². The Balaban J connectivity index is 1.03. The average molecular weight is 713 g/mol. The van der Waals surface area contributed by atoms with Crippen LogP contribution in [0.15, 0.2) is 138 Å². The summed E-state index contributed by atoms with van der Waals surface area (Å²) in [5.74, 6) is 1.65. The molecule has 11 rings (SSSR count). The van der Waals surface area contributed by atoms with Crippen molar-refractivity contribution >= 4 is 55.6 Å². The van der Waals surface area contributed by atoms with Gasteiger partial charge in [-0.3, -0.25) is 0 Å². The highest BCUT2D eigenvalue weighted by Crippen LogP contribution is 2.42. The third kappa shape index (κ3) is 5.21. The van der Waals surface area contributed by atoms with E-state index < -0.39 is 0 Å². The van der Waals surface area contributed by atoms with Crippen molar-refractivity contribution in [1.82, 2.24) is 19.9 Å². The molecule has 0 saturated heterocycles. The number of allylic oxidation sites excluding steroid dienone is 2. The molecule has 2 aliphatic rings. The second kappa shape index (κ2) is 12.6. The molecule has 0 fully saturated rings. The molecule has 0 amide bonds. The van der Waals surface area contributed by atoms with Gasteiger partial charge in [0.15, 0.2) is 11.5 Å². The summed E-state index contributed by atoms with van der Waals surface area (Å²) in [6.07, 6.45) is 16.9. The van der Waals surface area contributed by atoms with E-state index in [-0.39, 0.29) is 0 Å². The molecule has 9 aromatic rings. The Kier molecular flexibility index (Phi) is 7.23. The summed E-state index contributed by atoms with van der Waals surface area (Å²) >= 11 is 1.92. The molecule has 0 spiro atoms. The molecule has 0 radical (unpaired) electrons. The van der Waals surface area contributed by atoms with E-state index in [1.165, 1.54) is 31.5 Å². The number of pyridine rings is 2. The van der Waals surface area contributed by atoms with Gasteiger partial charge in [0.05, 0.1) is 11.4 Å². The van der Waals surface area contributed by atoms with Crippen LogP contribution in [0.25, 0.3) is 100 Å². The lowest BCUT2D eigenvalue weighted by Gasteiger charge is -2.14. The molecule has 5 nitrogen and oxygen atoms in total. The molecule has 0 N–H and O–H groups in total. The third-order valence-electron chi connectivity index (χ3n) is 10.8. The number of rotatable bonds is 5. The van der Waals surface area contributed by atoms with Crippen LogP contribution in [0, 0.1) is 0 Å². The van der Waals surface area contributed by atoms with Crippen LogP contribution in [-0.2, 0) is 12.8 Å². The predicted octanol–water partition coefficient (Wildman–Crippen LogP) is 12.6. The molecular formula is C48H32N4OS. The molecule has 256 valence electrons. The van der Waals surface area contributed by atoms with Crippen LogP contribution in [-0.4, -0.2) is 19.9 Å². The van der Waals surface area contributed by atoms with Crippen LogP contribution in [0.3, 0.4) is 0 Å². The Morgan fingerprint density at radius 2 is 1.39 bits per heavy atom. The average Bonchev–Trinajstić information content (AvgIpc) is 3.81. The Labute approximate surface area is 316 Å². The summed E-state index contributed by atoms with van der Waals surface area (Å²) in [5, 5.41) is 3.51. The van der Waals surface area contributed by atoms with E-state index in [4.69, 9.17) is 19.4 Å². The Hall–Kier alpha value is -6.50. The van der Waals surface area contributed by atoms with E-state index in [1.807, 2.05) is 48.0 Å². The van der Waals surface area contributed by atoms with Gasteiger partial charge in [-0.05, 0) is 84.8 Å². The topological polar surface area (TPSA) is 64.7 Å². The van der Waals surface area contributed by atoms with Crippen molar-refractivity contribution in [3.63, 3.8) is 0 Å². The number of hydrogen-bond acceptors (Lipinski definition) is 6. The molecule has 0 bridgehead atoms. The fourth-order valence-electron chi connectivity index (χ4n) is 8.08. The second-order valence-corrected chi connectivity index (χ2v) is 15.2. The van der Waals surface area contributed by atoms with Crippen LogP contribution in [0.4, 0.5) is 0 Å². The van der Waals surface area contributed by atoms with Crippen LogP contribution in [0.2, 0.25) is 0 Å². The highest BCUT2D eigenvalue weighted by molar-refractivity contribution is 7.19. The molecule has 54 heavy (non-hydrogen) atoms. The predicted molar refractivity (Wildman–Crippen MR) is 222 cm³/mol. The van der Waals surface area contributed by atoms with E-state index >= 15 is 0 Å². The van der Waals surface area contributed by atoms with Gasteiger partial charge in [0.2, 0.25) is 0 Å². The Morgan fingerprint density at radius 3 is 2.30 bits per heavy atom. The van der Waals surface area contributed by atoms with E-state index in [1.54, 1.807) is 0 Å². The zero-order valence-electron chi connectivity index (χ0n) is 29.3. The number of furan rings is 1. The first-order valence-electron chi connectivity index (χ1n) is 18.5. The smallest absolute Gasteiger partial charge is 0.160 e. The van der Waals surface area contributed by atoms with Gasteiger partial charge < -0.3 is 4.42 Å². The molecular weight excluding hydrogens is 681 g/mol. The van der Waals surface area contributed by atoms with Gasteiger partial charge in [0.25, 0.3) is 0 Å². The van der Waals surface area contributed by atoms with Crippen LogP contribution in [0.5, 0.6) is 0 Å². The monoisotopic (exact) mass is 712 g/mol. The largest absolute Gasteiger partial charge is 0.456 e. The molecule has 0 saturated carbocycles. The zero-order valence-corrected chi connectivity index (χ0v) is 30.1. The van der Waals surface area contributed by atoms with Crippen molar-refractivity contribution in [3.8, 4) is 56.2 Å². The Bertz CT molecular complexity index is 2990. The van der Waals surface area contributed by atoms with Crippen molar-refractivity contribution < 1.29 is 4.42 Å². The van der Waals surface area contributed by atoms with Gasteiger partial charge in [-0.25, -0.2) is 19.9 Å². The summed E-state index contributed by atoms with van der Waals surface area (Å²) in [6, 6.07) is 38.5. The summed E-state index contributed by atoms with van der Waals surface area (Å²) in [5.41, 5.74) is 13.4. The van der Waals surface area contributed by atoms with E-state index in [0.717, 1.165) is 98.4 Å². The number of fused-ring (bicyclic) bond motifs is 7. The van der Waals surface area contributed by atoms with E-state index in [9.17, 15) is 0 Å². The number of thiophene rings is 1. The molecule has 5 heterocycles. The molecule has 5 aromatic heterocycles. The number of aromatic nitrogens is 4. The first-order valence-corrected chi connectivity index (χ1v) is 19.3. The maximum atomic E-state index is 6.31. The summed E-state index contributed by atoms with van der Waals surface area (Å²) in [6.45, 7) is 0. The second-order valence-electron chi connectivity index (χ2n) is 14.0. The molecule has 0 unspecified atom stereocenters. The van der Waals surface area contributed by atoms with Crippen molar-refractivity contribution in [1.29, 1.82) is 0 Å². The maximum absolute atomic E-state index is 6.31. The summed E-state index contributed by atoms with van der Waals surface area (Å²) in [7, 11) is 0. The molecule has 6 heteroatoms. The lowest BCUT2D eigenvalue weighted by molar-refractivity contribution is 0.595. The number of hydrogen-bond donors (Lipinski definition) is 0. The van der Waals surface area contributed by atoms with Crippen LogP contribution < -0.4 is 0 Å². The summed E-state index contributed by atoms with van der Waals surface area (Å²) in [4.78, 5) is 21.2. The van der Waals surface area contributed by atoms with Crippen molar-refractivity contribution in [2.24, 2.45) is 0 Å². The minimum Gasteiger partial charge on any atom is -0.456 e. The van der Waals surface area contributed by atoms with E-state index in [2.05, 4.69) is 114 Å². The normalized spacial score (nSPS) is 13.5. The maximum Gasteiger partial charge on any atom is 0.160 e. The number of aryl methyl sites for hydroxylation is 2. The van der Waals surface area contributed by atoms with Gasteiger partial charge in [-0.1, -0.05) is 91.0 Å². The van der Waals surface area contributed by atoms with Crippen molar-refractivity contribution in [2.45, 2.75) is 25.7 Å². The van der Waals surface area contributed by atoms with E-state index in [0.29, 0.717) is 5.82 Å². The summed E-state index contributed by atoms with van der Waals surface area (Å²) < 4.78 is 7.64. The third-order valence-corrected chi connectivity index (χ3v) is 12.0. The fraction of sp³-hybridized carbons (Fsp3) is 0.0833. The standard InChI is InChI=1S/C48H32N4OS/c1-2-9-31(10-3-1)47-51-40(27-41(52-47)33-20-22-35-34-11-4-6-14-42(34)53-43(35)26-33)29-16-18-30(19-17-29)46-37-13-8-24-49-48(37)50-28-39(46)32-21-23-45-38(25-32)36-12-5-7-15-44(36)54-45/h1-3,5-6,8-10,12-14,16-28H,4,7,11,15H2. The van der Waals surface area contributed by atoms with Gasteiger partial charge in [-0.2, -0.15) is 0 Å². The molecule has 4 aromatic carbocycles. The first kappa shape index (κ1) is 31.1. The van der Waals surface area contributed by atoms with Crippen LogP contribution in [0.1, 0.15) is 34.6 Å². The molecule has 2 aliphatic carbocycles. The van der Waals surface area contributed by atoms with Crippen LogP contribution >= 0.6 is 11.3 Å². The lowest BCUT2D eigenvalue weighted by Crippen LogP contribution is -1.96. The Morgan fingerprint density at radius 1 is 0.593 bits per heavy atom. The fourth-order valence-corrected chi connectivity index (χ4v) is 9.27. The van der Waals surface area contributed by atoms with Gasteiger partial charge >= 0.3 is 0 Å². The number of benzene rings is 4. The highest BCUT2D eigenvalue weighted by atomic mass is 32.1. The zero-order chi connectivity index (χ0) is 35.6. The minimum atomic E-state index is 0.684. The number of nitrogens with zero attached hydrogens (tertiary/aromatic N) is 4. The molecule has 0 aliphatic heterocycles.